The van der Waals surface area contributed by atoms with Crippen molar-refractivity contribution in [2.45, 2.75) is 83.0 Å². The molecule has 192 valence electrons. The van der Waals surface area contributed by atoms with Crippen LogP contribution in [0.5, 0.6) is 5.75 Å². The smallest absolute Gasteiger partial charge is 0.410 e. The number of amides is 1. The summed E-state index contributed by atoms with van der Waals surface area (Å²) in [5.41, 5.74) is 1.88. The van der Waals surface area contributed by atoms with Crippen molar-refractivity contribution in [3.63, 3.8) is 0 Å². The topological polar surface area (TPSA) is 88.4 Å². The van der Waals surface area contributed by atoms with Gasteiger partial charge in [-0.2, -0.15) is 0 Å². The van der Waals surface area contributed by atoms with E-state index in [9.17, 15) is 14.9 Å². The number of nitrogens with zero attached hydrogens (tertiary/aromatic N) is 4. The van der Waals surface area contributed by atoms with Crippen LogP contribution in [0.1, 0.15) is 70.8 Å². The fourth-order valence-electron chi connectivity index (χ4n) is 5.24. The van der Waals surface area contributed by atoms with E-state index < -0.39 is 5.60 Å². The molecule has 4 aliphatic rings. The van der Waals surface area contributed by atoms with Crippen molar-refractivity contribution in [2.75, 3.05) is 44.2 Å². The highest BCUT2D eigenvalue weighted by Crippen LogP contribution is 2.49. The van der Waals surface area contributed by atoms with Crippen LogP contribution >= 0.6 is 0 Å². The zero-order chi connectivity index (χ0) is 24.7. The van der Waals surface area contributed by atoms with Crippen LogP contribution in [0.15, 0.2) is 12.1 Å². The molecule has 0 N–H and O–H groups in total. The van der Waals surface area contributed by atoms with Crippen molar-refractivity contribution in [1.29, 1.82) is 0 Å². The molecule has 0 atom stereocenters. The summed E-state index contributed by atoms with van der Waals surface area (Å²) in [5, 5.41) is 11.7. The Bertz CT molecular complexity index is 953. The van der Waals surface area contributed by atoms with E-state index in [1.807, 2.05) is 31.7 Å². The van der Waals surface area contributed by atoms with E-state index in [4.69, 9.17) is 9.47 Å². The van der Waals surface area contributed by atoms with Gasteiger partial charge in [-0.1, -0.05) is 0 Å². The van der Waals surface area contributed by atoms with E-state index in [1.54, 1.807) is 6.07 Å². The average Bonchev–Trinajstić information content (AvgIpc) is 3.73. The largest absolute Gasteiger partial charge is 0.483 e. The molecule has 2 heterocycles. The molecule has 9 heteroatoms. The number of carbonyl (C=O) groups excluding carboxylic acids is 1. The maximum absolute atomic E-state index is 12.4. The Morgan fingerprint density at radius 3 is 2.17 bits per heavy atom. The van der Waals surface area contributed by atoms with Gasteiger partial charge in [0.05, 0.1) is 11.0 Å². The fourth-order valence-corrected chi connectivity index (χ4v) is 5.24. The minimum atomic E-state index is -0.470. The maximum atomic E-state index is 12.4. The van der Waals surface area contributed by atoms with Gasteiger partial charge >= 0.3 is 11.8 Å². The lowest BCUT2D eigenvalue weighted by Crippen LogP contribution is -2.55. The number of hydrogen-bond acceptors (Lipinski definition) is 7. The van der Waals surface area contributed by atoms with Gasteiger partial charge in [0.1, 0.15) is 5.60 Å². The number of hydrogen-bond donors (Lipinski definition) is 0. The number of nitro benzene ring substituents is 1. The molecule has 1 aromatic carbocycles. The van der Waals surface area contributed by atoms with E-state index in [2.05, 4.69) is 9.80 Å². The highest BCUT2D eigenvalue weighted by molar-refractivity contribution is 5.68. The standard InChI is InChI=1S/C26H38N4O5/c1-26(2,3)35-25(31)29-14-12-27(13-15-29)19-8-10-28(11-9-19)22-17-24(34-20-6-7-20)23(30(32)33)16-21(22)18-4-5-18/h16-20H,4-15H2,1-3H3. The van der Waals surface area contributed by atoms with Gasteiger partial charge in [0.15, 0.2) is 5.75 Å². The molecule has 2 saturated heterocycles. The highest BCUT2D eigenvalue weighted by atomic mass is 16.6. The molecule has 35 heavy (non-hydrogen) atoms. The summed E-state index contributed by atoms with van der Waals surface area (Å²) in [7, 11) is 0. The molecule has 9 nitrogen and oxygen atoms in total. The lowest BCUT2D eigenvalue weighted by molar-refractivity contribution is -0.386. The quantitative estimate of drug-likeness (QED) is 0.431. The minimum absolute atomic E-state index is 0.111. The highest BCUT2D eigenvalue weighted by Gasteiger charge is 2.36. The van der Waals surface area contributed by atoms with Crippen LogP contribution in [0, 0.1) is 10.1 Å². The Labute approximate surface area is 207 Å². The number of nitro groups is 1. The van der Waals surface area contributed by atoms with Gasteiger partial charge in [0.25, 0.3) is 0 Å². The van der Waals surface area contributed by atoms with E-state index in [1.165, 1.54) is 0 Å². The van der Waals surface area contributed by atoms with Crippen molar-refractivity contribution in [2.24, 2.45) is 0 Å². The number of rotatable bonds is 6. The second kappa shape index (κ2) is 9.48. The van der Waals surface area contributed by atoms with Crippen LogP contribution in [-0.2, 0) is 4.74 Å². The summed E-state index contributed by atoms with van der Waals surface area (Å²) in [5.74, 6) is 0.856. The van der Waals surface area contributed by atoms with Crippen LogP contribution in [-0.4, -0.2) is 77.8 Å². The average molecular weight is 487 g/mol. The van der Waals surface area contributed by atoms with E-state index in [-0.39, 0.29) is 22.8 Å². The first-order valence-corrected chi connectivity index (χ1v) is 13.1. The molecule has 1 aromatic rings. The molecule has 4 fully saturated rings. The molecule has 2 saturated carbocycles. The number of piperazine rings is 1. The van der Waals surface area contributed by atoms with Crippen LogP contribution in [0.25, 0.3) is 0 Å². The first kappa shape index (κ1) is 24.2. The summed E-state index contributed by atoms with van der Waals surface area (Å²) < 4.78 is 11.5. The predicted octanol–water partition coefficient (Wildman–Crippen LogP) is 4.53. The Balaban J connectivity index is 1.21. The first-order valence-electron chi connectivity index (χ1n) is 13.1. The molecule has 1 amide bonds. The molecule has 0 spiro atoms. The van der Waals surface area contributed by atoms with Crippen LogP contribution < -0.4 is 9.64 Å². The van der Waals surface area contributed by atoms with Gasteiger partial charge in [0, 0.05) is 63.1 Å². The molecule has 0 radical (unpaired) electrons. The van der Waals surface area contributed by atoms with Crippen molar-refractivity contribution < 1.29 is 19.2 Å². The lowest BCUT2D eigenvalue weighted by atomic mass is 9.99. The predicted molar refractivity (Wildman–Crippen MR) is 133 cm³/mol. The first-order chi connectivity index (χ1) is 16.7. The summed E-state index contributed by atoms with van der Waals surface area (Å²) in [6, 6.07) is 4.23. The van der Waals surface area contributed by atoms with Crippen LogP contribution in [0.4, 0.5) is 16.2 Å². The Morgan fingerprint density at radius 2 is 1.63 bits per heavy atom. The summed E-state index contributed by atoms with van der Waals surface area (Å²) in [4.78, 5) is 30.6. The second-order valence-electron chi connectivity index (χ2n) is 11.4. The third-order valence-corrected chi connectivity index (χ3v) is 7.43. The molecule has 0 bridgehead atoms. The van der Waals surface area contributed by atoms with Gasteiger partial charge in [-0.25, -0.2) is 4.79 Å². The van der Waals surface area contributed by atoms with E-state index in [0.29, 0.717) is 30.8 Å². The van der Waals surface area contributed by atoms with Crippen LogP contribution in [0.2, 0.25) is 0 Å². The molecule has 2 aliphatic heterocycles. The summed E-state index contributed by atoms with van der Waals surface area (Å²) in [6.07, 6.45) is 6.16. The normalized spacial score (nSPS) is 22.3. The SMILES string of the molecule is CC(C)(C)OC(=O)N1CCN(C2CCN(c3cc(OC4CC4)c([N+](=O)[O-])cc3C3CC3)CC2)CC1. The Hall–Kier alpha value is -2.55. The monoisotopic (exact) mass is 486 g/mol. The molecule has 0 aromatic heterocycles. The zero-order valence-corrected chi connectivity index (χ0v) is 21.2. The van der Waals surface area contributed by atoms with Gasteiger partial charge in [-0.3, -0.25) is 15.0 Å². The molecule has 2 aliphatic carbocycles. The molecule has 0 unspecified atom stereocenters. The van der Waals surface area contributed by atoms with E-state index in [0.717, 1.165) is 76.0 Å². The van der Waals surface area contributed by atoms with Gasteiger partial charge in [-0.05, 0) is 70.8 Å². The van der Waals surface area contributed by atoms with Crippen molar-refractivity contribution >= 4 is 17.5 Å². The third-order valence-electron chi connectivity index (χ3n) is 7.43. The Morgan fingerprint density at radius 1 is 0.971 bits per heavy atom. The number of carbonyl (C=O) groups is 1. The maximum Gasteiger partial charge on any atom is 0.410 e. The number of ether oxygens (including phenoxy) is 2. The van der Waals surface area contributed by atoms with Crippen molar-refractivity contribution in [1.82, 2.24) is 9.80 Å². The number of piperidine rings is 1. The molecule has 5 rings (SSSR count). The van der Waals surface area contributed by atoms with E-state index >= 15 is 0 Å². The Kier molecular flexibility index (Phi) is 6.55. The number of benzene rings is 1. The summed E-state index contributed by atoms with van der Waals surface area (Å²) in [6.45, 7) is 10.7. The molecular weight excluding hydrogens is 448 g/mol. The summed E-state index contributed by atoms with van der Waals surface area (Å²) >= 11 is 0. The fraction of sp³-hybridized carbons (Fsp3) is 0.731. The third kappa shape index (κ3) is 5.82. The van der Waals surface area contributed by atoms with Crippen LogP contribution in [0.3, 0.4) is 0 Å². The lowest BCUT2D eigenvalue weighted by Gasteiger charge is -2.43. The van der Waals surface area contributed by atoms with Crippen molar-refractivity contribution in [3.8, 4) is 5.75 Å². The van der Waals surface area contributed by atoms with Gasteiger partial charge in [-0.15, -0.1) is 0 Å². The van der Waals surface area contributed by atoms with Gasteiger partial charge < -0.3 is 19.3 Å². The van der Waals surface area contributed by atoms with Crippen molar-refractivity contribution in [3.05, 3.63) is 27.8 Å². The second-order valence-corrected chi connectivity index (χ2v) is 11.4. The minimum Gasteiger partial charge on any atom is -0.483 e. The number of anilines is 1. The van der Waals surface area contributed by atoms with Gasteiger partial charge in [0.2, 0.25) is 0 Å². The zero-order valence-electron chi connectivity index (χ0n) is 21.2. The molecular formula is C26H38N4O5.